The van der Waals surface area contributed by atoms with Crippen LogP contribution in [0.3, 0.4) is 0 Å². The normalized spacial score (nSPS) is 21.1. The van der Waals surface area contributed by atoms with E-state index < -0.39 is 5.60 Å². The summed E-state index contributed by atoms with van der Waals surface area (Å²) in [6, 6.07) is 17.2. The Morgan fingerprint density at radius 2 is 1.96 bits per heavy atom. The number of hydrogen-bond donors (Lipinski definition) is 1. The second-order valence-electron chi connectivity index (χ2n) is 5.58. The van der Waals surface area contributed by atoms with Crippen LogP contribution >= 0.6 is 15.9 Å². The predicted octanol–water partition coefficient (Wildman–Crippen LogP) is 4.07. The van der Waals surface area contributed by atoms with Crippen LogP contribution < -0.4 is 4.90 Å². The molecule has 1 amide bonds. The third-order valence-electron chi connectivity index (χ3n) is 4.18. The van der Waals surface area contributed by atoms with Gasteiger partial charge in [0.25, 0.3) is 0 Å². The van der Waals surface area contributed by atoms with E-state index in [4.69, 9.17) is 4.74 Å². The van der Waals surface area contributed by atoms with Crippen LogP contribution in [-0.4, -0.2) is 24.4 Å². The van der Waals surface area contributed by atoms with Crippen molar-refractivity contribution >= 4 is 27.7 Å². The number of carbonyl (C=O) groups excluding carboxylic acids is 1. The number of anilines is 1. The molecule has 0 saturated carbocycles. The highest BCUT2D eigenvalue weighted by Crippen LogP contribution is 2.38. The van der Waals surface area contributed by atoms with Crippen molar-refractivity contribution in [1.82, 2.24) is 0 Å². The van der Waals surface area contributed by atoms with E-state index in [1.54, 1.807) is 4.90 Å². The molecule has 1 N–H and O–H groups in total. The summed E-state index contributed by atoms with van der Waals surface area (Å²) in [4.78, 5) is 14.2. The quantitative estimate of drug-likeness (QED) is 0.875. The molecule has 1 saturated heterocycles. The van der Waals surface area contributed by atoms with Crippen LogP contribution in [0, 0.1) is 0 Å². The van der Waals surface area contributed by atoms with Gasteiger partial charge in [-0.2, -0.15) is 0 Å². The van der Waals surface area contributed by atoms with E-state index in [1.165, 1.54) is 0 Å². The van der Waals surface area contributed by atoms with Gasteiger partial charge in [-0.05, 0) is 23.8 Å². The Balaban J connectivity index is 1.87. The molecule has 2 aromatic carbocycles. The number of amides is 1. The van der Waals surface area contributed by atoms with E-state index in [2.05, 4.69) is 15.9 Å². The Bertz CT molecular complexity index is 692. The van der Waals surface area contributed by atoms with Crippen LogP contribution in [-0.2, 0) is 10.3 Å². The molecule has 1 heterocycles. The van der Waals surface area contributed by atoms with E-state index >= 15 is 0 Å². The number of halogens is 1. The standard InChI is InChI=1S/C18H18BrNO3/c19-15-7-4-8-16(13-15)20-11-9-18(10-12-21,23-17(20)22)14-5-2-1-3-6-14/h1-8,13,21H,9-12H2/t18-/m0/s1. The Labute approximate surface area is 143 Å². The van der Waals surface area contributed by atoms with E-state index in [1.807, 2.05) is 54.6 Å². The average Bonchev–Trinajstić information content (AvgIpc) is 2.56. The van der Waals surface area contributed by atoms with Crippen LogP contribution in [0.25, 0.3) is 0 Å². The minimum Gasteiger partial charge on any atom is -0.437 e. The van der Waals surface area contributed by atoms with Gasteiger partial charge in [-0.15, -0.1) is 0 Å². The smallest absolute Gasteiger partial charge is 0.415 e. The molecule has 120 valence electrons. The third-order valence-corrected chi connectivity index (χ3v) is 4.67. The fourth-order valence-electron chi connectivity index (χ4n) is 2.98. The molecule has 0 bridgehead atoms. The summed E-state index contributed by atoms with van der Waals surface area (Å²) in [6.45, 7) is 0.517. The van der Waals surface area contributed by atoms with Gasteiger partial charge in [0.15, 0.2) is 0 Å². The maximum Gasteiger partial charge on any atom is 0.415 e. The molecule has 1 atom stereocenters. The van der Waals surface area contributed by atoms with Gasteiger partial charge < -0.3 is 9.84 Å². The first-order chi connectivity index (χ1) is 11.1. The van der Waals surface area contributed by atoms with Crippen molar-refractivity contribution in [2.45, 2.75) is 18.4 Å². The van der Waals surface area contributed by atoms with Crippen LogP contribution in [0.15, 0.2) is 59.1 Å². The minimum atomic E-state index is -0.754. The van der Waals surface area contributed by atoms with Crippen LogP contribution in [0.1, 0.15) is 18.4 Å². The fraction of sp³-hybridized carbons (Fsp3) is 0.278. The van der Waals surface area contributed by atoms with Crippen LogP contribution in [0.5, 0.6) is 0 Å². The molecular formula is C18H18BrNO3. The second kappa shape index (κ2) is 6.72. The Morgan fingerprint density at radius 3 is 2.61 bits per heavy atom. The number of hydrogen-bond acceptors (Lipinski definition) is 3. The molecule has 0 spiro atoms. The van der Waals surface area contributed by atoms with Gasteiger partial charge in [0, 0.05) is 36.2 Å². The lowest BCUT2D eigenvalue weighted by molar-refractivity contribution is -0.0257. The fourth-order valence-corrected chi connectivity index (χ4v) is 3.37. The Hall–Kier alpha value is -1.85. The average molecular weight is 376 g/mol. The van der Waals surface area contributed by atoms with Crippen molar-refractivity contribution in [3.05, 3.63) is 64.6 Å². The van der Waals surface area contributed by atoms with Crippen molar-refractivity contribution < 1.29 is 14.6 Å². The number of nitrogens with zero attached hydrogens (tertiary/aromatic N) is 1. The van der Waals surface area contributed by atoms with Crippen molar-refractivity contribution in [2.75, 3.05) is 18.1 Å². The van der Waals surface area contributed by atoms with Gasteiger partial charge in [-0.1, -0.05) is 52.3 Å². The number of rotatable bonds is 4. The zero-order valence-electron chi connectivity index (χ0n) is 12.6. The highest BCUT2D eigenvalue weighted by molar-refractivity contribution is 9.10. The molecule has 5 heteroatoms. The first-order valence-corrected chi connectivity index (χ1v) is 8.36. The van der Waals surface area contributed by atoms with Crippen molar-refractivity contribution in [2.24, 2.45) is 0 Å². The van der Waals surface area contributed by atoms with Gasteiger partial charge in [0.2, 0.25) is 0 Å². The topological polar surface area (TPSA) is 49.8 Å². The second-order valence-corrected chi connectivity index (χ2v) is 6.50. The molecule has 0 unspecified atom stereocenters. The minimum absolute atomic E-state index is 0.0287. The SMILES string of the molecule is O=C1O[C@@](CCO)(c2ccccc2)CCN1c1cccc(Br)c1. The lowest BCUT2D eigenvalue weighted by Gasteiger charge is -2.41. The number of carbonyl (C=O) groups is 1. The summed E-state index contributed by atoms with van der Waals surface area (Å²) in [5, 5.41) is 9.44. The summed E-state index contributed by atoms with van der Waals surface area (Å²) in [5.41, 5.74) is 0.974. The van der Waals surface area contributed by atoms with Gasteiger partial charge in [-0.3, -0.25) is 4.90 Å². The van der Waals surface area contributed by atoms with E-state index in [0.29, 0.717) is 19.4 Å². The molecule has 0 radical (unpaired) electrons. The number of ether oxygens (including phenoxy) is 1. The lowest BCUT2D eigenvalue weighted by atomic mass is 9.86. The summed E-state index contributed by atoms with van der Waals surface area (Å²) < 4.78 is 6.73. The van der Waals surface area contributed by atoms with Gasteiger partial charge >= 0.3 is 6.09 Å². The number of benzene rings is 2. The van der Waals surface area contributed by atoms with Crippen molar-refractivity contribution in [3.8, 4) is 0 Å². The number of aliphatic hydroxyl groups excluding tert-OH is 1. The van der Waals surface area contributed by atoms with Gasteiger partial charge in [0.1, 0.15) is 5.60 Å². The first kappa shape index (κ1) is 16.0. The highest BCUT2D eigenvalue weighted by Gasteiger charge is 2.42. The molecule has 23 heavy (non-hydrogen) atoms. The zero-order chi connectivity index (χ0) is 16.3. The van der Waals surface area contributed by atoms with Crippen LogP contribution in [0.4, 0.5) is 10.5 Å². The number of cyclic esters (lactones) is 1. The highest BCUT2D eigenvalue weighted by atomic mass is 79.9. The monoisotopic (exact) mass is 375 g/mol. The molecule has 2 aromatic rings. The number of aliphatic hydroxyl groups is 1. The molecule has 3 rings (SSSR count). The van der Waals surface area contributed by atoms with E-state index in [9.17, 15) is 9.90 Å². The van der Waals surface area contributed by atoms with Crippen LogP contribution in [0.2, 0.25) is 0 Å². The summed E-state index contributed by atoms with van der Waals surface area (Å²) in [6.07, 6.45) is 0.650. The molecular weight excluding hydrogens is 358 g/mol. The summed E-state index contributed by atoms with van der Waals surface area (Å²) >= 11 is 3.42. The first-order valence-electron chi connectivity index (χ1n) is 7.57. The largest absolute Gasteiger partial charge is 0.437 e. The predicted molar refractivity (Wildman–Crippen MR) is 92.4 cm³/mol. The van der Waals surface area contributed by atoms with E-state index in [0.717, 1.165) is 15.7 Å². The Kier molecular flexibility index (Phi) is 4.68. The zero-order valence-corrected chi connectivity index (χ0v) is 14.2. The molecule has 1 fully saturated rings. The molecule has 1 aliphatic rings. The van der Waals surface area contributed by atoms with Crippen molar-refractivity contribution in [1.29, 1.82) is 0 Å². The molecule has 1 aliphatic heterocycles. The molecule has 0 aromatic heterocycles. The van der Waals surface area contributed by atoms with E-state index in [-0.39, 0.29) is 12.7 Å². The maximum absolute atomic E-state index is 12.6. The summed E-state index contributed by atoms with van der Waals surface area (Å²) in [7, 11) is 0. The van der Waals surface area contributed by atoms with Crippen molar-refractivity contribution in [3.63, 3.8) is 0 Å². The van der Waals surface area contributed by atoms with Gasteiger partial charge in [-0.25, -0.2) is 4.79 Å². The molecule has 0 aliphatic carbocycles. The third kappa shape index (κ3) is 3.26. The molecule has 4 nitrogen and oxygen atoms in total. The maximum atomic E-state index is 12.6. The summed E-state index contributed by atoms with van der Waals surface area (Å²) in [5.74, 6) is 0. The van der Waals surface area contributed by atoms with Gasteiger partial charge in [0.05, 0.1) is 0 Å². The lowest BCUT2D eigenvalue weighted by Crippen LogP contribution is -2.48. The Morgan fingerprint density at radius 1 is 1.17 bits per heavy atom.